The molecular weight excluding hydrogens is 713 g/mol. The fourth-order valence-corrected chi connectivity index (χ4v) is 6.50. The van der Waals surface area contributed by atoms with E-state index in [-0.39, 0.29) is 32.0 Å². The maximum Gasteiger partial charge on any atom is 0.573 e. The van der Waals surface area contributed by atoms with Gasteiger partial charge in [0.05, 0.1) is 38.4 Å². The van der Waals surface area contributed by atoms with Crippen LogP contribution >= 0.6 is 0 Å². The molecule has 0 aliphatic carbocycles. The predicted octanol–water partition coefficient (Wildman–Crippen LogP) is 4.78. The standard InChI is InChI=1S/C38H45F3N4O9/c1-37(2,3)32(34(48)50-4)33(47)43-29(18-23-7-11-25(12-8-23)26-6-5-16-42-19-26)30(46)21-45(20-24-9-13-27(14-10-24)54-38(39,40)41)44-36(49)53-31-22-52-35-28(31)15-17-51-35/h5-14,16,19,28-32,35,46H,15,17-18,20-22H2,1-4H3,(H,43,47)(H,44,49). The van der Waals surface area contributed by atoms with Gasteiger partial charge in [0.1, 0.15) is 17.8 Å². The zero-order valence-corrected chi connectivity index (χ0v) is 30.4. The van der Waals surface area contributed by atoms with E-state index in [9.17, 15) is 32.7 Å². The fourth-order valence-electron chi connectivity index (χ4n) is 6.50. The highest BCUT2D eigenvalue weighted by atomic mass is 19.4. The first kappa shape index (κ1) is 40.4. The Morgan fingerprint density at radius 3 is 2.33 bits per heavy atom. The molecule has 0 bridgehead atoms. The second-order valence-corrected chi connectivity index (χ2v) is 14.3. The number of esters is 1. The fraction of sp³-hybridized carbons (Fsp3) is 0.474. The van der Waals surface area contributed by atoms with Crippen LogP contribution in [0, 0.1) is 17.3 Å². The molecule has 6 unspecified atom stereocenters. The average Bonchev–Trinajstić information content (AvgIpc) is 3.73. The molecule has 5 rings (SSSR count). The molecular formula is C38H45F3N4O9. The normalized spacial score (nSPS) is 20.1. The number of aliphatic hydroxyl groups excluding tert-OH is 1. The van der Waals surface area contributed by atoms with E-state index >= 15 is 0 Å². The number of pyridine rings is 1. The lowest BCUT2D eigenvalue weighted by Crippen LogP contribution is -2.55. The van der Waals surface area contributed by atoms with E-state index in [4.69, 9.17) is 18.9 Å². The van der Waals surface area contributed by atoms with Gasteiger partial charge in [-0.05, 0) is 58.7 Å². The number of hydrogen-bond donors (Lipinski definition) is 3. The van der Waals surface area contributed by atoms with E-state index < -0.39 is 66.0 Å². The summed E-state index contributed by atoms with van der Waals surface area (Å²) in [7, 11) is 1.19. The molecule has 1 aromatic heterocycles. The van der Waals surface area contributed by atoms with Crippen LogP contribution in [0.1, 0.15) is 38.3 Å². The van der Waals surface area contributed by atoms with Gasteiger partial charge in [0.2, 0.25) is 5.91 Å². The van der Waals surface area contributed by atoms with Gasteiger partial charge >= 0.3 is 18.4 Å². The van der Waals surface area contributed by atoms with E-state index in [1.54, 1.807) is 33.2 Å². The lowest BCUT2D eigenvalue weighted by atomic mass is 9.80. The van der Waals surface area contributed by atoms with Crippen LogP contribution in [0.5, 0.6) is 5.75 Å². The number of methoxy groups -OCH3 is 1. The van der Waals surface area contributed by atoms with Crippen molar-refractivity contribution >= 4 is 18.0 Å². The number of nitrogens with one attached hydrogen (secondary N) is 2. The maximum atomic E-state index is 13.8. The van der Waals surface area contributed by atoms with Gasteiger partial charge in [0.25, 0.3) is 0 Å². The molecule has 6 atom stereocenters. The smallest absolute Gasteiger partial charge is 0.468 e. The van der Waals surface area contributed by atoms with Crippen LogP contribution in [0.15, 0.2) is 73.1 Å². The molecule has 3 heterocycles. The van der Waals surface area contributed by atoms with E-state index in [1.807, 2.05) is 36.4 Å². The van der Waals surface area contributed by atoms with Crippen molar-refractivity contribution in [3.8, 4) is 16.9 Å². The van der Waals surface area contributed by atoms with Gasteiger partial charge < -0.3 is 34.1 Å². The number of benzene rings is 2. The second kappa shape index (κ2) is 17.6. The van der Waals surface area contributed by atoms with E-state index in [0.717, 1.165) is 28.8 Å². The summed E-state index contributed by atoms with van der Waals surface area (Å²) >= 11 is 0. The van der Waals surface area contributed by atoms with Gasteiger partial charge in [-0.25, -0.2) is 9.80 Å². The summed E-state index contributed by atoms with van der Waals surface area (Å²) in [4.78, 5) is 44.0. The molecule has 0 spiro atoms. The number of amides is 2. The number of nitrogens with zero attached hydrogens (tertiary/aromatic N) is 2. The Kier molecular flexibility index (Phi) is 13.2. The van der Waals surface area contributed by atoms with Crippen molar-refractivity contribution in [2.24, 2.45) is 17.3 Å². The number of hydrazine groups is 1. The van der Waals surface area contributed by atoms with Crippen LogP contribution in [0.2, 0.25) is 0 Å². The van der Waals surface area contributed by atoms with Gasteiger partial charge in [0, 0.05) is 25.5 Å². The van der Waals surface area contributed by atoms with Gasteiger partial charge in [-0.1, -0.05) is 63.2 Å². The maximum absolute atomic E-state index is 13.8. The van der Waals surface area contributed by atoms with Crippen LogP contribution < -0.4 is 15.5 Å². The molecule has 54 heavy (non-hydrogen) atoms. The number of fused-ring (bicyclic) bond motifs is 1. The number of halogens is 3. The molecule has 2 aliphatic rings. The third-order valence-electron chi connectivity index (χ3n) is 9.19. The molecule has 13 nitrogen and oxygen atoms in total. The summed E-state index contributed by atoms with van der Waals surface area (Å²) in [6.45, 7) is 5.37. The summed E-state index contributed by atoms with van der Waals surface area (Å²) in [5.74, 6) is -3.21. The minimum atomic E-state index is -4.88. The third-order valence-corrected chi connectivity index (χ3v) is 9.19. The number of hydrogen-bond acceptors (Lipinski definition) is 11. The van der Waals surface area contributed by atoms with E-state index in [1.165, 1.54) is 24.3 Å². The first-order valence-corrected chi connectivity index (χ1v) is 17.5. The van der Waals surface area contributed by atoms with Crippen molar-refractivity contribution in [3.05, 3.63) is 84.2 Å². The number of alkyl halides is 3. The zero-order valence-electron chi connectivity index (χ0n) is 30.4. The largest absolute Gasteiger partial charge is 0.573 e. The summed E-state index contributed by atoms with van der Waals surface area (Å²) < 4.78 is 64.1. The lowest BCUT2D eigenvalue weighted by molar-refractivity contribution is -0.274. The summed E-state index contributed by atoms with van der Waals surface area (Å²) in [5, 5.41) is 16.0. The summed E-state index contributed by atoms with van der Waals surface area (Å²) in [6.07, 6.45) is -4.01. The van der Waals surface area contributed by atoms with E-state index in [0.29, 0.717) is 18.6 Å². The van der Waals surface area contributed by atoms with Crippen molar-refractivity contribution in [2.45, 2.75) is 71.1 Å². The average molecular weight is 759 g/mol. The Bertz CT molecular complexity index is 1710. The van der Waals surface area contributed by atoms with Crippen molar-refractivity contribution < 1.29 is 56.3 Å². The molecule has 2 aromatic carbocycles. The van der Waals surface area contributed by atoms with E-state index in [2.05, 4.69) is 20.5 Å². The molecule has 2 fully saturated rings. The molecule has 292 valence electrons. The highest BCUT2D eigenvalue weighted by Crippen LogP contribution is 2.33. The number of carbonyl (C=O) groups is 3. The van der Waals surface area contributed by atoms with Crippen molar-refractivity contribution in [3.63, 3.8) is 0 Å². The number of aliphatic hydroxyl groups is 1. The minimum Gasteiger partial charge on any atom is -0.468 e. The Morgan fingerprint density at radius 1 is 1.00 bits per heavy atom. The van der Waals surface area contributed by atoms with Crippen LogP contribution in [0.4, 0.5) is 18.0 Å². The first-order chi connectivity index (χ1) is 25.6. The van der Waals surface area contributed by atoms with Gasteiger partial charge in [-0.3, -0.25) is 20.0 Å². The molecule has 3 N–H and O–H groups in total. The molecule has 16 heteroatoms. The summed E-state index contributed by atoms with van der Waals surface area (Å²) in [5.41, 5.74) is 4.79. The molecule has 0 saturated carbocycles. The Morgan fingerprint density at radius 2 is 1.70 bits per heavy atom. The van der Waals surface area contributed by atoms with Crippen LogP contribution in [-0.2, 0) is 41.5 Å². The Hall–Kier alpha value is -4.77. The Balaban J connectivity index is 1.38. The van der Waals surface area contributed by atoms with Crippen molar-refractivity contribution in [2.75, 3.05) is 26.9 Å². The second-order valence-electron chi connectivity index (χ2n) is 14.3. The van der Waals surface area contributed by atoms with Gasteiger partial charge in [-0.15, -0.1) is 13.2 Å². The lowest BCUT2D eigenvalue weighted by Gasteiger charge is -2.33. The quantitative estimate of drug-likeness (QED) is 0.118. The van der Waals surface area contributed by atoms with Crippen LogP contribution in [0.25, 0.3) is 11.1 Å². The van der Waals surface area contributed by atoms with Gasteiger partial charge in [0.15, 0.2) is 6.29 Å². The molecule has 2 amide bonds. The van der Waals surface area contributed by atoms with Gasteiger partial charge in [-0.2, -0.15) is 0 Å². The number of rotatable bonds is 14. The summed E-state index contributed by atoms with van der Waals surface area (Å²) in [6, 6.07) is 15.2. The highest BCUT2D eigenvalue weighted by molar-refractivity contribution is 5.98. The van der Waals surface area contributed by atoms with Crippen molar-refractivity contribution in [1.29, 1.82) is 0 Å². The monoisotopic (exact) mass is 758 g/mol. The minimum absolute atomic E-state index is 0.0952. The van der Waals surface area contributed by atoms with Crippen molar-refractivity contribution in [1.82, 2.24) is 20.7 Å². The van der Waals surface area contributed by atoms with Crippen LogP contribution in [0.3, 0.4) is 0 Å². The Labute approximate surface area is 311 Å². The van der Waals surface area contributed by atoms with Crippen LogP contribution in [-0.4, -0.2) is 90.8 Å². The number of aromatic nitrogens is 1. The number of ether oxygens (including phenoxy) is 5. The topological polar surface area (TPSA) is 158 Å². The molecule has 2 aliphatic heterocycles. The highest BCUT2D eigenvalue weighted by Gasteiger charge is 2.44. The SMILES string of the molecule is COC(=O)C(C(=O)NC(Cc1ccc(-c2cccnc2)cc1)C(O)CN(Cc1ccc(OC(F)(F)F)cc1)NC(=O)OC1COC2OCCC12)C(C)(C)C. The molecule has 0 radical (unpaired) electrons. The zero-order chi connectivity index (χ0) is 39.0. The molecule has 3 aromatic rings. The molecule has 2 saturated heterocycles. The predicted molar refractivity (Wildman–Crippen MR) is 187 cm³/mol. The first-order valence-electron chi connectivity index (χ1n) is 17.5. The number of carbonyl (C=O) groups excluding carboxylic acids is 3. The third kappa shape index (κ3) is 11.1.